The molecule has 1 saturated heterocycles. The molecular formula is C19H24ClN3O3S. The first-order chi connectivity index (χ1) is 12.8. The molecule has 6 nitrogen and oxygen atoms in total. The summed E-state index contributed by atoms with van der Waals surface area (Å²) < 4.78 is 7.34. The molecule has 0 unspecified atom stereocenters. The Labute approximate surface area is 167 Å². The molecule has 2 atom stereocenters. The van der Waals surface area contributed by atoms with Crippen molar-refractivity contribution in [2.24, 2.45) is 0 Å². The van der Waals surface area contributed by atoms with Crippen molar-refractivity contribution in [2.75, 3.05) is 6.61 Å². The molecule has 0 saturated carbocycles. The topological polar surface area (TPSA) is 73.2 Å². The third-order valence-corrected chi connectivity index (χ3v) is 5.70. The van der Waals surface area contributed by atoms with Gasteiger partial charge in [-0.1, -0.05) is 23.4 Å². The van der Waals surface area contributed by atoms with Crippen molar-refractivity contribution in [1.29, 1.82) is 0 Å². The molecule has 1 aliphatic heterocycles. The van der Waals surface area contributed by atoms with Crippen LogP contribution >= 0.6 is 23.4 Å². The first kappa shape index (κ1) is 20.2. The number of hydrogen-bond acceptors (Lipinski definition) is 5. The molecule has 1 amide bonds. The van der Waals surface area contributed by atoms with Gasteiger partial charge in [0.25, 0.3) is 5.56 Å². The van der Waals surface area contributed by atoms with E-state index in [-0.39, 0.29) is 28.9 Å². The number of nitrogens with zero attached hydrogens (tertiary/aromatic N) is 2. The highest BCUT2D eigenvalue weighted by Gasteiger charge is 2.23. The van der Waals surface area contributed by atoms with Gasteiger partial charge in [-0.15, -0.1) is 0 Å². The number of aromatic nitrogens is 2. The Morgan fingerprint density at radius 3 is 2.89 bits per heavy atom. The van der Waals surface area contributed by atoms with Gasteiger partial charge in [0.05, 0.1) is 28.8 Å². The van der Waals surface area contributed by atoms with Crippen molar-refractivity contribution in [3.63, 3.8) is 0 Å². The van der Waals surface area contributed by atoms with Crippen LogP contribution in [0.3, 0.4) is 0 Å². The van der Waals surface area contributed by atoms with Gasteiger partial charge in [0.15, 0.2) is 5.16 Å². The first-order valence-electron chi connectivity index (χ1n) is 9.14. The Bertz CT molecular complexity index is 894. The summed E-state index contributed by atoms with van der Waals surface area (Å²) in [6, 6.07) is 5.12. The van der Waals surface area contributed by atoms with Gasteiger partial charge in [-0.2, -0.15) is 0 Å². The summed E-state index contributed by atoms with van der Waals surface area (Å²) in [6.07, 6.45) is 1.90. The zero-order valence-corrected chi connectivity index (χ0v) is 17.3. The van der Waals surface area contributed by atoms with E-state index in [1.54, 1.807) is 22.8 Å². The highest BCUT2D eigenvalue weighted by molar-refractivity contribution is 8.00. The maximum Gasteiger partial charge on any atom is 0.262 e. The molecule has 1 aliphatic rings. The smallest absolute Gasteiger partial charge is 0.262 e. The number of benzene rings is 1. The molecule has 1 aromatic heterocycles. The van der Waals surface area contributed by atoms with Crippen LogP contribution in [-0.4, -0.2) is 39.5 Å². The number of nitrogens with one attached hydrogen (secondary N) is 1. The number of ether oxygens (including phenoxy) is 1. The molecule has 8 heteroatoms. The lowest BCUT2D eigenvalue weighted by Crippen LogP contribution is -2.36. The van der Waals surface area contributed by atoms with Crippen molar-refractivity contribution in [3.8, 4) is 0 Å². The number of thioether (sulfide) groups is 1. The maximum atomic E-state index is 13.1. The van der Waals surface area contributed by atoms with Crippen LogP contribution in [0.4, 0.5) is 0 Å². The van der Waals surface area contributed by atoms with Crippen molar-refractivity contribution in [2.45, 2.75) is 62.7 Å². The fraction of sp³-hybridized carbons (Fsp3) is 0.526. The fourth-order valence-corrected chi connectivity index (χ4v) is 4.12. The SMILES string of the molecule is CC(C)NC(=O)[C@H](C)Sc1nc2cc(Cl)ccc2c(=O)n1C[C@H]1CCCO1. The number of halogens is 1. The summed E-state index contributed by atoms with van der Waals surface area (Å²) in [4.78, 5) is 30.1. The Balaban J connectivity index is 1.99. The van der Waals surface area contributed by atoms with E-state index in [4.69, 9.17) is 16.3 Å². The summed E-state index contributed by atoms with van der Waals surface area (Å²) in [5.74, 6) is -0.0842. The van der Waals surface area contributed by atoms with E-state index in [2.05, 4.69) is 10.3 Å². The number of hydrogen-bond donors (Lipinski definition) is 1. The molecule has 0 bridgehead atoms. The van der Waals surface area contributed by atoms with E-state index in [1.165, 1.54) is 11.8 Å². The summed E-state index contributed by atoms with van der Waals surface area (Å²) in [5.41, 5.74) is 0.404. The predicted octanol–water partition coefficient (Wildman–Crippen LogP) is 3.23. The highest BCUT2D eigenvalue weighted by atomic mass is 35.5. The Kier molecular flexibility index (Phi) is 6.44. The van der Waals surface area contributed by atoms with Gasteiger partial charge in [0.1, 0.15) is 0 Å². The summed E-state index contributed by atoms with van der Waals surface area (Å²) in [5, 5.41) is 4.06. The van der Waals surface area contributed by atoms with Crippen LogP contribution in [0.5, 0.6) is 0 Å². The molecule has 2 heterocycles. The van der Waals surface area contributed by atoms with Gasteiger partial charge in [-0.05, 0) is 51.8 Å². The van der Waals surface area contributed by atoms with E-state index in [0.717, 1.165) is 12.8 Å². The molecule has 2 aromatic rings. The average Bonchev–Trinajstić information content (AvgIpc) is 3.10. The average molecular weight is 410 g/mol. The van der Waals surface area contributed by atoms with Crippen molar-refractivity contribution in [3.05, 3.63) is 33.6 Å². The monoisotopic (exact) mass is 409 g/mol. The zero-order valence-electron chi connectivity index (χ0n) is 15.7. The Hall–Kier alpha value is -1.57. The second kappa shape index (κ2) is 8.63. The van der Waals surface area contributed by atoms with E-state index >= 15 is 0 Å². The number of rotatable bonds is 6. The Morgan fingerprint density at radius 2 is 2.22 bits per heavy atom. The van der Waals surface area contributed by atoms with Crippen LogP contribution in [0, 0.1) is 0 Å². The molecule has 0 aliphatic carbocycles. The van der Waals surface area contributed by atoms with Crippen molar-refractivity contribution < 1.29 is 9.53 Å². The summed E-state index contributed by atoms with van der Waals surface area (Å²) in [6.45, 7) is 6.79. The standard InChI is InChI=1S/C19H24ClN3O3S/c1-11(2)21-17(24)12(3)27-19-22-16-9-13(20)6-7-15(16)18(25)23(19)10-14-5-4-8-26-14/h6-7,9,11-12,14H,4-5,8,10H2,1-3H3,(H,21,24)/t12-,14+/m0/s1. The quantitative estimate of drug-likeness (QED) is 0.585. The maximum absolute atomic E-state index is 13.1. The normalized spacial score (nSPS) is 18.2. The summed E-state index contributed by atoms with van der Waals surface area (Å²) in [7, 11) is 0. The molecule has 0 spiro atoms. The largest absolute Gasteiger partial charge is 0.376 e. The summed E-state index contributed by atoms with van der Waals surface area (Å²) >= 11 is 7.35. The third-order valence-electron chi connectivity index (χ3n) is 4.37. The van der Waals surface area contributed by atoms with Gasteiger partial charge in [0, 0.05) is 17.7 Å². The number of amides is 1. The molecule has 0 radical (unpaired) electrons. The van der Waals surface area contributed by atoms with Crippen LogP contribution in [0.2, 0.25) is 5.02 Å². The van der Waals surface area contributed by atoms with E-state index in [1.807, 2.05) is 20.8 Å². The van der Waals surface area contributed by atoms with Gasteiger partial charge >= 0.3 is 0 Å². The minimum atomic E-state index is -0.383. The molecule has 27 heavy (non-hydrogen) atoms. The van der Waals surface area contributed by atoms with Gasteiger partial charge < -0.3 is 10.1 Å². The van der Waals surface area contributed by atoms with Crippen molar-refractivity contribution in [1.82, 2.24) is 14.9 Å². The second-order valence-electron chi connectivity index (χ2n) is 7.03. The van der Waals surface area contributed by atoms with Gasteiger partial charge in [0.2, 0.25) is 5.91 Å². The second-order valence-corrected chi connectivity index (χ2v) is 8.77. The Morgan fingerprint density at radius 1 is 1.44 bits per heavy atom. The first-order valence-corrected chi connectivity index (χ1v) is 10.4. The lowest BCUT2D eigenvalue weighted by Gasteiger charge is -2.19. The van der Waals surface area contributed by atoms with Crippen LogP contribution in [0.1, 0.15) is 33.6 Å². The number of carbonyl (C=O) groups is 1. The van der Waals surface area contributed by atoms with Crippen LogP contribution in [0.15, 0.2) is 28.2 Å². The minimum absolute atomic E-state index is 0.00611. The molecular weight excluding hydrogens is 386 g/mol. The highest BCUT2D eigenvalue weighted by Crippen LogP contribution is 2.25. The number of carbonyl (C=O) groups excluding carboxylic acids is 1. The van der Waals surface area contributed by atoms with Gasteiger partial charge in [-0.3, -0.25) is 14.2 Å². The van der Waals surface area contributed by atoms with E-state index in [9.17, 15) is 9.59 Å². The van der Waals surface area contributed by atoms with Crippen LogP contribution in [0.25, 0.3) is 10.9 Å². The van der Waals surface area contributed by atoms with Gasteiger partial charge in [-0.25, -0.2) is 4.98 Å². The van der Waals surface area contributed by atoms with Crippen LogP contribution < -0.4 is 10.9 Å². The predicted molar refractivity (Wildman–Crippen MR) is 109 cm³/mol. The van der Waals surface area contributed by atoms with Crippen molar-refractivity contribution >= 4 is 40.2 Å². The molecule has 3 rings (SSSR count). The van der Waals surface area contributed by atoms with Crippen LogP contribution in [-0.2, 0) is 16.1 Å². The van der Waals surface area contributed by atoms with E-state index < -0.39 is 0 Å². The lowest BCUT2D eigenvalue weighted by atomic mass is 10.2. The zero-order chi connectivity index (χ0) is 19.6. The minimum Gasteiger partial charge on any atom is -0.376 e. The molecule has 1 N–H and O–H groups in total. The molecule has 146 valence electrons. The van der Waals surface area contributed by atoms with E-state index in [0.29, 0.717) is 34.2 Å². The fourth-order valence-electron chi connectivity index (χ4n) is 3.03. The third kappa shape index (κ3) is 4.83. The lowest BCUT2D eigenvalue weighted by molar-refractivity contribution is -0.120. The molecule has 1 fully saturated rings. The number of fused-ring (bicyclic) bond motifs is 1. The molecule has 1 aromatic carbocycles.